The van der Waals surface area contributed by atoms with Crippen LogP contribution in [0.25, 0.3) is 0 Å². The van der Waals surface area contributed by atoms with E-state index in [1.165, 1.54) is 17.7 Å². The lowest BCUT2D eigenvalue weighted by molar-refractivity contribution is 0.172. The molecule has 6 nitrogen and oxygen atoms in total. The number of benzene rings is 2. The molecule has 32 heavy (non-hydrogen) atoms. The van der Waals surface area contributed by atoms with E-state index in [1.54, 1.807) is 7.11 Å². The zero-order valence-electron chi connectivity index (χ0n) is 19.8. The van der Waals surface area contributed by atoms with Gasteiger partial charge in [0, 0.05) is 57.6 Å². The van der Waals surface area contributed by atoms with Crippen LogP contribution in [-0.4, -0.2) is 52.5 Å². The molecule has 0 aromatic heterocycles. The molecular weight excluding hydrogens is 400 g/mol. The zero-order chi connectivity index (χ0) is 22.6. The molecule has 0 saturated carbocycles. The molecule has 0 spiro atoms. The maximum atomic E-state index is 6.01. The second kappa shape index (κ2) is 13.0. The molecule has 1 aliphatic heterocycles. The summed E-state index contributed by atoms with van der Waals surface area (Å²) in [5.74, 6) is 2.38. The van der Waals surface area contributed by atoms with Crippen molar-refractivity contribution in [2.45, 2.75) is 33.2 Å². The third-order valence-electron chi connectivity index (χ3n) is 5.69. The van der Waals surface area contributed by atoms with E-state index in [0.717, 1.165) is 49.9 Å². The number of methoxy groups -OCH3 is 1. The first-order chi connectivity index (χ1) is 15.7. The third-order valence-corrected chi connectivity index (χ3v) is 5.69. The normalized spacial score (nSPS) is 16.3. The number of nitrogens with one attached hydrogen (secondary N) is 2. The first-order valence-corrected chi connectivity index (χ1v) is 11.7. The molecule has 1 heterocycles. The molecule has 2 N–H and O–H groups in total. The van der Waals surface area contributed by atoms with Gasteiger partial charge in [-0.25, -0.2) is 4.99 Å². The predicted molar refractivity (Wildman–Crippen MR) is 133 cm³/mol. The molecular formula is C26H38N4O2. The molecule has 174 valence electrons. The highest BCUT2D eigenvalue weighted by Gasteiger charge is 2.22. The van der Waals surface area contributed by atoms with Crippen molar-refractivity contribution in [3.63, 3.8) is 0 Å². The summed E-state index contributed by atoms with van der Waals surface area (Å²) in [6, 6.07) is 17.0. The second-order valence-electron chi connectivity index (χ2n) is 8.32. The van der Waals surface area contributed by atoms with Crippen LogP contribution in [0.4, 0.5) is 5.69 Å². The lowest BCUT2D eigenvalue weighted by Crippen LogP contribution is -2.40. The van der Waals surface area contributed by atoms with E-state index in [0.29, 0.717) is 25.7 Å². The number of rotatable bonds is 11. The van der Waals surface area contributed by atoms with Gasteiger partial charge in [-0.15, -0.1) is 0 Å². The number of nitrogens with zero attached hydrogens (tertiary/aromatic N) is 2. The summed E-state index contributed by atoms with van der Waals surface area (Å²) in [5, 5.41) is 6.93. The van der Waals surface area contributed by atoms with Crippen LogP contribution in [-0.2, 0) is 11.3 Å². The Morgan fingerprint density at radius 2 is 1.97 bits per heavy atom. The topological polar surface area (TPSA) is 58.1 Å². The molecule has 0 bridgehead atoms. The maximum absolute atomic E-state index is 6.01. The number of guanidine groups is 1. The van der Waals surface area contributed by atoms with Crippen LogP contribution in [0.1, 0.15) is 30.9 Å². The van der Waals surface area contributed by atoms with Gasteiger partial charge in [0.1, 0.15) is 5.75 Å². The summed E-state index contributed by atoms with van der Waals surface area (Å²) in [6.07, 6.45) is 2.07. The summed E-state index contributed by atoms with van der Waals surface area (Å²) in [6.45, 7) is 10.1. The van der Waals surface area contributed by atoms with Gasteiger partial charge in [0.05, 0.1) is 13.2 Å². The van der Waals surface area contributed by atoms with Crippen LogP contribution in [0.3, 0.4) is 0 Å². The molecule has 3 rings (SSSR count). The van der Waals surface area contributed by atoms with Crippen molar-refractivity contribution in [1.82, 2.24) is 10.6 Å². The van der Waals surface area contributed by atoms with Gasteiger partial charge >= 0.3 is 0 Å². The Kier molecular flexibility index (Phi) is 9.69. The number of hydrogen-bond acceptors (Lipinski definition) is 4. The molecule has 2 aromatic carbocycles. The minimum atomic E-state index is 0.579. The van der Waals surface area contributed by atoms with Crippen LogP contribution in [0.15, 0.2) is 53.5 Å². The largest absolute Gasteiger partial charge is 0.493 e. The first-order valence-electron chi connectivity index (χ1n) is 11.7. The van der Waals surface area contributed by atoms with Crippen molar-refractivity contribution in [3.05, 3.63) is 59.7 Å². The molecule has 1 aliphatic rings. The van der Waals surface area contributed by atoms with E-state index in [-0.39, 0.29) is 0 Å². The molecule has 0 amide bonds. The van der Waals surface area contributed by atoms with E-state index < -0.39 is 0 Å². The van der Waals surface area contributed by atoms with E-state index in [4.69, 9.17) is 14.5 Å². The molecule has 1 saturated heterocycles. The van der Waals surface area contributed by atoms with Crippen molar-refractivity contribution < 1.29 is 9.47 Å². The second-order valence-corrected chi connectivity index (χ2v) is 8.32. The lowest BCUT2D eigenvalue weighted by Gasteiger charge is -2.19. The number of aliphatic imine (C=N–C) groups is 1. The van der Waals surface area contributed by atoms with Crippen LogP contribution >= 0.6 is 0 Å². The summed E-state index contributed by atoms with van der Waals surface area (Å²) < 4.78 is 11.1. The fourth-order valence-electron chi connectivity index (χ4n) is 3.93. The monoisotopic (exact) mass is 438 g/mol. The van der Waals surface area contributed by atoms with Crippen LogP contribution < -0.4 is 20.3 Å². The van der Waals surface area contributed by atoms with Crippen molar-refractivity contribution in [2.24, 2.45) is 10.9 Å². The van der Waals surface area contributed by atoms with Crippen LogP contribution in [0.5, 0.6) is 5.75 Å². The Morgan fingerprint density at radius 3 is 2.75 bits per heavy atom. The summed E-state index contributed by atoms with van der Waals surface area (Å²) >= 11 is 0. The number of ether oxygens (including phenoxy) is 2. The van der Waals surface area contributed by atoms with Gasteiger partial charge in [-0.1, -0.05) is 30.3 Å². The van der Waals surface area contributed by atoms with Gasteiger partial charge in [-0.2, -0.15) is 0 Å². The standard InChI is InChI=1S/C26H38N4O2/c1-4-27-26(28-18-22-13-14-30(20-22)24-9-6-5-7-10-24)29-19-23-12-11-21(2)17-25(23)32-16-8-15-31-3/h5-7,9-12,17,22H,4,8,13-16,18-20H2,1-3H3,(H2,27,28,29). The highest BCUT2D eigenvalue weighted by atomic mass is 16.5. The Hall–Kier alpha value is -2.73. The van der Waals surface area contributed by atoms with E-state index in [2.05, 4.69) is 77.9 Å². The van der Waals surface area contributed by atoms with Gasteiger partial charge in [0.25, 0.3) is 0 Å². The zero-order valence-corrected chi connectivity index (χ0v) is 19.8. The Morgan fingerprint density at radius 1 is 1.12 bits per heavy atom. The number of para-hydroxylation sites is 1. The highest BCUT2D eigenvalue weighted by Crippen LogP contribution is 2.23. The molecule has 1 fully saturated rings. The SMILES string of the molecule is CCNC(=NCc1ccc(C)cc1OCCCOC)NCC1CCN(c2ccccc2)C1. The number of anilines is 1. The third kappa shape index (κ3) is 7.45. The molecule has 0 aliphatic carbocycles. The summed E-state index contributed by atoms with van der Waals surface area (Å²) in [4.78, 5) is 7.30. The van der Waals surface area contributed by atoms with E-state index in [1.807, 2.05) is 0 Å². The van der Waals surface area contributed by atoms with Crippen molar-refractivity contribution in [3.8, 4) is 5.75 Å². The maximum Gasteiger partial charge on any atom is 0.191 e. The fourth-order valence-corrected chi connectivity index (χ4v) is 3.93. The van der Waals surface area contributed by atoms with Crippen LogP contribution in [0, 0.1) is 12.8 Å². The summed E-state index contributed by atoms with van der Waals surface area (Å²) in [5.41, 5.74) is 3.60. The molecule has 2 aromatic rings. The summed E-state index contributed by atoms with van der Waals surface area (Å²) in [7, 11) is 1.72. The van der Waals surface area contributed by atoms with Gasteiger partial charge < -0.3 is 25.0 Å². The lowest BCUT2D eigenvalue weighted by atomic mass is 10.1. The van der Waals surface area contributed by atoms with Gasteiger partial charge in [0.2, 0.25) is 0 Å². The van der Waals surface area contributed by atoms with Gasteiger partial charge in [0.15, 0.2) is 5.96 Å². The molecule has 1 unspecified atom stereocenters. The average Bonchev–Trinajstić information content (AvgIpc) is 3.29. The van der Waals surface area contributed by atoms with Crippen molar-refractivity contribution in [2.75, 3.05) is 51.4 Å². The quantitative estimate of drug-likeness (QED) is 0.316. The minimum Gasteiger partial charge on any atom is -0.493 e. The number of hydrogen-bond donors (Lipinski definition) is 2. The van der Waals surface area contributed by atoms with Gasteiger partial charge in [-0.3, -0.25) is 0 Å². The Labute approximate surface area is 193 Å². The first kappa shape index (κ1) is 23.9. The molecule has 0 radical (unpaired) electrons. The molecule has 6 heteroatoms. The smallest absolute Gasteiger partial charge is 0.191 e. The van der Waals surface area contributed by atoms with E-state index >= 15 is 0 Å². The average molecular weight is 439 g/mol. The highest BCUT2D eigenvalue weighted by molar-refractivity contribution is 5.79. The fraction of sp³-hybridized carbons (Fsp3) is 0.500. The number of aryl methyl sites for hydroxylation is 1. The van der Waals surface area contributed by atoms with Gasteiger partial charge in [-0.05, 0) is 49.9 Å². The van der Waals surface area contributed by atoms with Crippen molar-refractivity contribution in [1.29, 1.82) is 0 Å². The molecule has 1 atom stereocenters. The predicted octanol–water partition coefficient (Wildman–Crippen LogP) is 3.99. The van der Waals surface area contributed by atoms with E-state index in [9.17, 15) is 0 Å². The minimum absolute atomic E-state index is 0.579. The Balaban J connectivity index is 1.55. The van der Waals surface area contributed by atoms with Crippen LogP contribution in [0.2, 0.25) is 0 Å². The Bertz CT molecular complexity index is 841. The van der Waals surface area contributed by atoms with Crippen molar-refractivity contribution >= 4 is 11.6 Å².